The summed E-state index contributed by atoms with van der Waals surface area (Å²) in [5.41, 5.74) is 3.51. The number of imide groups is 1. The van der Waals surface area contributed by atoms with Gasteiger partial charge in [0.15, 0.2) is 6.61 Å². The van der Waals surface area contributed by atoms with Crippen LogP contribution in [0.2, 0.25) is 0 Å². The summed E-state index contributed by atoms with van der Waals surface area (Å²) in [5.74, 6) is -1.69. The SMILES string of the molecule is CCc1cc(Br)ccc1NC(=O)COC(=O)c1ccc(N2C(=O)[C@@H]3[C@H](C2=O)[C@H]2C=C(C)[C@H]3C2)cc1. The van der Waals surface area contributed by atoms with Crippen molar-refractivity contribution >= 4 is 51.0 Å². The minimum absolute atomic E-state index is 0.137. The minimum Gasteiger partial charge on any atom is -0.452 e. The topological polar surface area (TPSA) is 92.8 Å². The fourth-order valence-electron chi connectivity index (χ4n) is 5.65. The van der Waals surface area contributed by atoms with Crippen molar-refractivity contribution in [3.63, 3.8) is 0 Å². The van der Waals surface area contributed by atoms with Gasteiger partial charge in [0.2, 0.25) is 11.8 Å². The molecule has 1 heterocycles. The van der Waals surface area contributed by atoms with Crippen molar-refractivity contribution in [2.24, 2.45) is 23.7 Å². The van der Waals surface area contributed by atoms with Crippen LogP contribution in [0.25, 0.3) is 0 Å². The van der Waals surface area contributed by atoms with Gasteiger partial charge in [-0.15, -0.1) is 0 Å². The molecule has 2 bridgehead atoms. The highest BCUT2D eigenvalue weighted by Gasteiger charge is 2.60. The Morgan fingerprint density at radius 1 is 1.09 bits per heavy atom. The molecule has 1 N–H and O–H groups in total. The number of hydrogen-bond donors (Lipinski definition) is 1. The molecule has 2 aliphatic carbocycles. The molecule has 1 saturated carbocycles. The Morgan fingerprint density at radius 3 is 2.51 bits per heavy atom. The lowest BCUT2D eigenvalue weighted by Gasteiger charge is -2.19. The zero-order valence-electron chi connectivity index (χ0n) is 19.4. The maximum absolute atomic E-state index is 13.1. The Kier molecular flexibility index (Phi) is 6.09. The van der Waals surface area contributed by atoms with Crippen LogP contribution in [0, 0.1) is 23.7 Å². The molecule has 1 saturated heterocycles. The Hall–Kier alpha value is -3.26. The summed E-state index contributed by atoms with van der Waals surface area (Å²) in [6.45, 7) is 3.59. The van der Waals surface area contributed by atoms with Gasteiger partial charge >= 0.3 is 5.97 Å². The molecule has 0 aromatic heterocycles. The lowest BCUT2D eigenvalue weighted by atomic mass is 9.82. The van der Waals surface area contributed by atoms with Crippen LogP contribution in [0.4, 0.5) is 11.4 Å². The number of hydrogen-bond acceptors (Lipinski definition) is 5. The van der Waals surface area contributed by atoms with Gasteiger partial charge in [-0.25, -0.2) is 4.79 Å². The van der Waals surface area contributed by atoms with E-state index in [9.17, 15) is 19.2 Å². The summed E-state index contributed by atoms with van der Waals surface area (Å²) >= 11 is 3.41. The molecule has 35 heavy (non-hydrogen) atoms. The van der Waals surface area contributed by atoms with E-state index in [0.29, 0.717) is 11.4 Å². The lowest BCUT2D eigenvalue weighted by molar-refractivity contribution is -0.123. The summed E-state index contributed by atoms with van der Waals surface area (Å²) in [4.78, 5) is 52.1. The van der Waals surface area contributed by atoms with E-state index in [2.05, 4.69) is 27.3 Å². The minimum atomic E-state index is -0.660. The summed E-state index contributed by atoms with van der Waals surface area (Å²) in [5, 5.41) is 2.76. The maximum Gasteiger partial charge on any atom is 0.338 e. The lowest BCUT2D eigenvalue weighted by Crippen LogP contribution is -2.33. The smallest absolute Gasteiger partial charge is 0.338 e. The summed E-state index contributed by atoms with van der Waals surface area (Å²) in [7, 11) is 0. The summed E-state index contributed by atoms with van der Waals surface area (Å²) in [6, 6.07) is 11.7. The molecule has 3 aliphatic rings. The van der Waals surface area contributed by atoms with E-state index >= 15 is 0 Å². The van der Waals surface area contributed by atoms with Crippen LogP contribution < -0.4 is 10.2 Å². The van der Waals surface area contributed by atoms with Crippen molar-refractivity contribution in [3.8, 4) is 0 Å². The number of benzene rings is 2. The van der Waals surface area contributed by atoms with E-state index in [1.165, 1.54) is 22.6 Å². The van der Waals surface area contributed by atoms with Crippen LogP contribution in [0.5, 0.6) is 0 Å². The number of esters is 1. The fraction of sp³-hybridized carbons (Fsp3) is 0.333. The first-order valence-corrected chi connectivity index (χ1v) is 12.5. The van der Waals surface area contributed by atoms with Gasteiger partial charge in [0.1, 0.15) is 0 Å². The highest BCUT2D eigenvalue weighted by atomic mass is 79.9. The number of anilines is 2. The van der Waals surface area contributed by atoms with Gasteiger partial charge in [0.05, 0.1) is 23.1 Å². The average Bonchev–Trinajstić information content (AvgIpc) is 3.48. The van der Waals surface area contributed by atoms with Crippen LogP contribution in [-0.4, -0.2) is 30.3 Å². The highest BCUT2D eigenvalue weighted by Crippen LogP contribution is 2.55. The molecule has 180 valence electrons. The third kappa shape index (κ3) is 4.10. The zero-order chi connectivity index (χ0) is 24.9. The van der Waals surface area contributed by atoms with Gasteiger partial charge in [-0.2, -0.15) is 0 Å². The summed E-state index contributed by atoms with van der Waals surface area (Å²) in [6.07, 6.45) is 3.75. The van der Waals surface area contributed by atoms with Crippen molar-refractivity contribution in [3.05, 3.63) is 69.7 Å². The first kappa shape index (κ1) is 23.5. The number of fused-ring (bicyclic) bond motifs is 5. The zero-order valence-corrected chi connectivity index (χ0v) is 21.0. The molecule has 7 nitrogen and oxygen atoms in total. The monoisotopic (exact) mass is 536 g/mol. The van der Waals surface area contributed by atoms with Crippen molar-refractivity contribution in [2.45, 2.75) is 26.7 Å². The average molecular weight is 537 g/mol. The van der Waals surface area contributed by atoms with Gasteiger partial charge < -0.3 is 10.1 Å². The molecular formula is C27H25BrN2O5. The molecule has 2 fully saturated rings. The number of amides is 3. The molecule has 4 atom stereocenters. The van der Waals surface area contributed by atoms with Crippen LogP contribution in [0.3, 0.4) is 0 Å². The molecule has 2 aromatic rings. The second-order valence-electron chi connectivity index (χ2n) is 9.31. The predicted molar refractivity (Wildman–Crippen MR) is 134 cm³/mol. The highest BCUT2D eigenvalue weighted by molar-refractivity contribution is 9.10. The Labute approximate surface area is 211 Å². The van der Waals surface area contributed by atoms with Crippen LogP contribution in [0.15, 0.2) is 58.6 Å². The van der Waals surface area contributed by atoms with Gasteiger partial charge in [0.25, 0.3) is 5.91 Å². The predicted octanol–water partition coefficient (Wildman–Crippen LogP) is 4.51. The number of rotatable bonds is 6. The van der Waals surface area contributed by atoms with E-state index in [1.54, 1.807) is 18.2 Å². The molecule has 8 heteroatoms. The van der Waals surface area contributed by atoms with Crippen LogP contribution in [-0.2, 0) is 25.5 Å². The maximum atomic E-state index is 13.1. The molecular weight excluding hydrogens is 512 g/mol. The number of halogens is 1. The van der Waals surface area contributed by atoms with E-state index < -0.39 is 18.5 Å². The van der Waals surface area contributed by atoms with Gasteiger partial charge in [-0.3, -0.25) is 19.3 Å². The standard InChI is InChI=1S/C27H25BrN2O5/c1-3-15-11-18(28)6-9-21(15)29-22(31)13-35-27(34)16-4-7-19(8-5-16)30-25(32)23-17-10-14(2)20(12-17)24(23)26(30)33/h4-11,17,20,23-24H,3,12-13H2,1-2H3,(H,29,31)/t17-,20+,23+,24-/m0/s1. The van der Waals surface area contributed by atoms with Gasteiger partial charge in [0, 0.05) is 10.2 Å². The van der Waals surface area contributed by atoms with Crippen LogP contribution in [0.1, 0.15) is 36.2 Å². The summed E-state index contributed by atoms with van der Waals surface area (Å²) < 4.78 is 6.08. The van der Waals surface area contributed by atoms with Crippen molar-refractivity contribution in [1.82, 2.24) is 0 Å². The second-order valence-corrected chi connectivity index (χ2v) is 10.2. The second kappa shape index (κ2) is 9.07. The number of nitrogens with one attached hydrogen (secondary N) is 1. The number of carbonyl (C=O) groups excluding carboxylic acids is 4. The molecule has 2 aromatic carbocycles. The molecule has 0 spiro atoms. The third-order valence-electron chi connectivity index (χ3n) is 7.30. The van der Waals surface area contributed by atoms with Crippen molar-refractivity contribution < 1.29 is 23.9 Å². The first-order chi connectivity index (χ1) is 16.8. The van der Waals surface area contributed by atoms with Crippen molar-refractivity contribution in [1.29, 1.82) is 0 Å². The Balaban J connectivity index is 1.20. The third-order valence-corrected chi connectivity index (χ3v) is 7.79. The van der Waals surface area contributed by atoms with E-state index in [-0.39, 0.29) is 41.0 Å². The molecule has 0 unspecified atom stereocenters. The molecule has 0 radical (unpaired) electrons. The molecule has 5 rings (SSSR count). The fourth-order valence-corrected chi connectivity index (χ4v) is 6.06. The quantitative estimate of drug-likeness (QED) is 0.333. The molecule has 3 amide bonds. The number of aryl methyl sites for hydroxylation is 1. The largest absolute Gasteiger partial charge is 0.452 e. The first-order valence-electron chi connectivity index (χ1n) is 11.7. The van der Waals surface area contributed by atoms with Gasteiger partial charge in [-0.1, -0.05) is 34.5 Å². The number of nitrogens with zero attached hydrogens (tertiary/aromatic N) is 1. The Bertz CT molecular complexity index is 1270. The number of ether oxygens (including phenoxy) is 1. The van der Waals surface area contributed by atoms with Crippen molar-refractivity contribution in [2.75, 3.05) is 16.8 Å². The van der Waals surface area contributed by atoms with Crippen LogP contribution >= 0.6 is 15.9 Å². The van der Waals surface area contributed by atoms with E-state index in [0.717, 1.165) is 22.9 Å². The van der Waals surface area contributed by atoms with E-state index in [4.69, 9.17) is 4.74 Å². The van der Waals surface area contributed by atoms with E-state index in [1.807, 2.05) is 26.0 Å². The number of carbonyl (C=O) groups is 4. The molecule has 1 aliphatic heterocycles. The normalized spacial score (nSPS) is 24.4. The Morgan fingerprint density at radius 2 is 1.80 bits per heavy atom. The number of allylic oxidation sites excluding steroid dienone is 2. The van der Waals surface area contributed by atoms with Gasteiger partial charge in [-0.05, 0) is 79.6 Å².